The monoisotopic (exact) mass is 432 g/mol. The quantitative estimate of drug-likeness (QED) is 0.403. The molecule has 0 saturated heterocycles. The Morgan fingerprint density at radius 2 is 1.81 bits per heavy atom. The van der Waals surface area contributed by atoms with Crippen LogP contribution in [-0.2, 0) is 19.5 Å². The Morgan fingerprint density at radius 1 is 1.03 bits per heavy atom. The zero-order valence-corrected chi connectivity index (χ0v) is 19.1. The smallest absolute Gasteiger partial charge is 0.253 e. The molecule has 1 aromatic heterocycles. The number of aromatic nitrogens is 2. The zero-order chi connectivity index (χ0) is 22.8. The number of amides is 1. The lowest BCUT2D eigenvalue weighted by Gasteiger charge is -2.13. The van der Waals surface area contributed by atoms with E-state index >= 15 is 0 Å². The molecule has 1 amide bonds. The van der Waals surface area contributed by atoms with E-state index in [4.69, 9.17) is 4.99 Å². The van der Waals surface area contributed by atoms with Crippen LogP contribution in [0.5, 0.6) is 0 Å². The maximum atomic E-state index is 12.2. The molecule has 0 fully saturated rings. The van der Waals surface area contributed by atoms with Gasteiger partial charge in [-0.2, -0.15) is 5.10 Å². The Hall–Kier alpha value is -3.61. The molecule has 0 atom stereocenters. The molecule has 3 rings (SSSR count). The molecule has 32 heavy (non-hydrogen) atoms. The Balaban J connectivity index is 1.56. The molecule has 0 radical (unpaired) electrons. The fraction of sp³-hybridized carbons (Fsp3) is 0.320. The van der Waals surface area contributed by atoms with Gasteiger partial charge in [-0.25, -0.2) is 4.99 Å². The van der Waals surface area contributed by atoms with Crippen molar-refractivity contribution in [3.8, 4) is 0 Å². The fourth-order valence-electron chi connectivity index (χ4n) is 3.36. The molecule has 0 unspecified atom stereocenters. The van der Waals surface area contributed by atoms with Gasteiger partial charge in [0.1, 0.15) is 0 Å². The summed E-state index contributed by atoms with van der Waals surface area (Å²) in [6.45, 7) is 4.91. The Bertz CT molecular complexity index is 1030. The van der Waals surface area contributed by atoms with Crippen molar-refractivity contribution in [2.45, 2.75) is 26.4 Å². The predicted octanol–water partition coefficient (Wildman–Crippen LogP) is 2.93. The standard InChI is InChI=1S/C25H32N6O/c1-4-26-25(27-14-12-20-8-6-11-23(17-20)24(32)30(2)3)28-18-21-9-5-10-22(16-21)19-31-15-7-13-29-31/h5-11,13,15-17H,4,12,14,18-19H2,1-3H3,(H2,26,27,28). The minimum absolute atomic E-state index is 0.0181. The number of benzene rings is 2. The highest BCUT2D eigenvalue weighted by Gasteiger charge is 2.08. The number of hydrogen-bond donors (Lipinski definition) is 2. The normalized spacial score (nSPS) is 11.3. The van der Waals surface area contributed by atoms with E-state index in [2.05, 4.69) is 46.9 Å². The van der Waals surface area contributed by atoms with Gasteiger partial charge in [-0.15, -0.1) is 0 Å². The SMILES string of the molecule is CCNC(=NCc1cccc(Cn2cccn2)c1)NCCc1cccc(C(=O)N(C)C)c1. The highest BCUT2D eigenvalue weighted by molar-refractivity contribution is 5.94. The van der Waals surface area contributed by atoms with Gasteiger partial charge in [0.05, 0.1) is 13.1 Å². The molecular weight excluding hydrogens is 400 g/mol. The molecule has 168 valence electrons. The van der Waals surface area contributed by atoms with E-state index in [-0.39, 0.29) is 5.91 Å². The summed E-state index contributed by atoms with van der Waals surface area (Å²) in [5, 5.41) is 11.0. The summed E-state index contributed by atoms with van der Waals surface area (Å²) in [4.78, 5) is 18.5. The summed E-state index contributed by atoms with van der Waals surface area (Å²) in [7, 11) is 3.53. The molecule has 7 nitrogen and oxygen atoms in total. The third-order valence-electron chi connectivity index (χ3n) is 4.95. The second-order valence-corrected chi connectivity index (χ2v) is 7.80. The van der Waals surface area contributed by atoms with Gasteiger partial charge >= 0.3 is 0 Å². The van der Waals surface area contributed by atoms with Crippen LogP contribution < -0.4 is 10.6 Å². The molecule has 3 aromatic rings. The van der Waals surface area contributed by atoms with Crippen LogP contribution in [0.2, 0.25) is 0 Å². The molecule has 2 N–H and O–H groups in total. The predicted molar refractivity (Wildman–Crippen MR) is 129 cm³/mol. The van der Waals surface area contributed by atoms with Gasteiger partial charge in [-0.3, -0.25) is 9.48 Å². The minimum atomic E-state index is 0.0181. The van der Waals surface area contributed by atoms with E-state index in [9.17, 15) is 4.79 Å². The van der Waals surface area contributed by atoms with Crippen LogP contribution in [0.3, 0.4) is 0 Å². The van der Waals surface area contributed by atoms with Crippen molar-refractivity contribution in [2.75, 3.05) is 27.2 Å². The average Bonchev–Trinajstić information content (AvgIpc) is 3.30. The van der Waals surface area contributed by atoms with Gasteiger partial charge in [0, 0.05) is 45.1 Å². The number of carbonyl (C=O) groups excluding carboxylic acids is 1. The number of guanidine groups is 1. The summed E-state index contributed by atoms with van der Waals surface area (Å²) >= 11 is 0. The van der Waals surface area contributed by atoms with Gasteiger partial charge in [0.25, 0.3) is 5.91 Å². The molecule has 0 spiro atoms. The maximum Gasteiger partial charge on any atom is 0.253 e. The third-order valence-corrected chi connectivity index (χ3v) is 4.95. The highest BCUT2D eigenvalue weighted by atomic mass is 16.2. The van der Waals surface area contributed by atoms with E-state index in [1.54, 1.807) is 25.2 Å². The van der Waals surface area contributed by atoms with Gasteiger partial charge in [-0.1, -0.05) is 36.4 Å². The summed E-state index contributed by atoms with van der Waals surface area (Å²) < 4.78 is 1.91. The van der Waals surface area contributed by atoms with Crippen molar-refractivity contribution in [1.82, 2.24) is 25.3 Å². The van der Waals surface area contributed by atoms with Gasteiger partial charge in [0.2, 0.25) is 0 Å². The molecular formula is C25H32N6O. The summed E-state index contributed by atoms with van der Waals surface area (Å²) in [6.07, 6.45) is 4.56. The van der Waals surface area contributed by atoms with Gasteiger partial charge in [0.15, 0.2) is 5.96 Å². The van der Waals surface area contributed by atoms with Crippen LogP contribution in [0.25, 0.3) is 0 Å². The first-order chi connectivity index (χ1) is 15.5. The largest absolute Gasteiger partial charge is 0.357 e. The van der Waals surface area contributed by atoms with Crippen molar-refractivity contribution in [3.63, 3.8) is 0 Å². The second kappa shape index (κ2) is 11.7. The van der Waals surface area contributed by atoms with Crippen molar-refractivity contribution in [2.24, 2.45) is 4.99 Å². The summed E-state index contributed by atoms with van der Waals surface area (Å²) in [6, 6.07) is 18.1. The van der Waals surface area contributed by atoms with Crippen molar-refractivity contribution < 1.29 is 4.79 Å². The Labute approximate surface area is 190 Å². The molecule has 0 saturated carbocycles. The molecule has 0 aliphatic rings. The zero-order valence-electron chi connectivity index (χ0n) is 19.1. The molecule has 7 heteroatoms. The first-order valence-electron chi connectivity index (χ1n) is 10.9. The van der Waals surface area contributed by atoms with E-state index < -0.39 is 0 Å². The lowest BCUT2D eigenvalue weighted by atomic mass is 10.1. The van der Waals surface area contributed by atoms with Crippen molar-refractivity contribution in [1.29, 1.82) is 0 Å². The van der Waals surface area contributed by atoms with E-state index in [0.29, 0.717) is 12.1 Å². The molecule has 0 aliphatic carbocycles. The van der Waals surface area contributed by atoms with Crippen LogP contribution in [-0.4, -0.2) is 53.7 Å². The van der Waals surface area contributed by atoms with Gasteiger partial charge < -0.3 is 15.5 Å². The van der Waals surface area contributed by atoms with Crippen LogP contribution in [0, 0.1) is 0 Å². The average molecular weight is 433 g/mol. The number of carbonyl (C=O) groups is 1. The summed E-state index contributed by atoms with van der Waals surface area (Å²) in [5.74, 6) is 0.801. The number of nitrogens with zero attached hydrogens (tertiary/aromatic N) is 4. The molecule has 1 heterocycles. The van der Waals surface area contributed by atoms with Crippen LogP contribution >= 0.6 is 0 Å². The van der Waals surface area contributed by atoms with Crippen molar-refractivity contribution >= 4 is 11.9 Å². The Morgan fingerprint density at radius 3 is 2.56 bits per heavy atom. The highest BCUT2D eigenvalue weighted by Crippen LogP contribution is 2.09. The minimum Gasteiger partial charge on any atom is -0.357 e. The van der Waals surface area contributed by atoms with E-state index in [0.717, 1.165) is 43.1 Å². The lowest BCUT2D eigenvalue weighted by molar-refractivity contribution is 0.0827. The third kappa shape index (κ3) is 6.97. The van der Waals surface area contributed by atoms with Crippen LogP contribution in [0.4, 0.5) is 0 Å². The molecule has 2 aromatic carbocycles. The number of aliphatic imine (C=N–C) groups is 1. The van der Waals surface area contributed by atoms with Crippen LogP contribution in [0.1, 0.15) is 34.0 Å². The first kappa shape index (κ1) is 23.1. The number of hydrogen-bond acceptors (Lipinski definition) is 3. The lowest BCUT2D eigenvalue weighted by Crippen LogP contribution is -2.38. The maximum absolute atomic E-state index is 12.2. The molecule has 0 bridgehead atoms. The summed E-state index contributed by atoms with van der Waals surface area (Å²) in [5.41, 5.74) is 4.18. The first-order valence-corrected chi connectivity index (χ1v) is 10.9. The van der Waals surface area contributed by atoms with Crippen LogP contribution in [0.15, 0.2) is 72.0 Å². The van der Waals surface area contributed by atoms with E-state index in [1.165, 1.54) is 5.56 Å². The van der Waals surface area contributed by atoms with Crippen molar-refractivity contribution in [3.05, 3.63) is 89.2 Å². The molecule has 0 aliphatic heterocycles. The van der Waals surface area contributed by atoms with E-state index in [1.807, 2.05) is 41.2 Å². The van der Waals surface area contributed by atoms with Gasteiger partial charge in [-0.05, 0) is 48.2 Å². The number of nitrogens with one attached hydrogen (secondary N) is 2. The fourth-order valence-corrected chi connectivity index (χ4v) is 3.36. The number of rotatable bonds is 9. The Kier molecular flexibility index (Phi) is 8.43. The topological polar surface area (TPSA) is 74.5 Å². The second-order valence-electron chi connectivity index (χ2n) is 7.80.